The highest BCUT2D eigenvalue weighted by atomic mass is 32.1. The molecule has 2 heterocycles. The van der Waals surface area contributed by atoms with E-state index in [9.17, 15) is 9.59 Å². The summed E-state index contributed by atoms with van der Waals surface area (Å²) < 4.78 is 10.6. The van der Waals surface area contributed by atoms with E-state index < -0.39 is 11.6 Å². The Morgan fingerprint density at radius 1 is 1.20 bits per heavy atom. The second-order valence-electron chi connectivity index (χ2n) is 5.86. The molecule has 5 heteroatoms. The number of fused-ring (bicyclic) bond motifs is 1. The number of ether oxygens (including phenoxy) is 1. The molecule has 0 saturated heterocycles. The fourth-order valence-electron chi connectivity index (χ4n) is 2.53. The third-order valence-corrected chi connectivity index (χ3v) is 5.00. The Labute approximate surface area is 149 Å². The van der Waals surface area contributed by atoms with Gasteiger partial charge in [-0.1, -0.05) is 12.1 Å². The van der Waals surface area contributed by atoms with E-state index in [4.69, 9.17) is 9.15 Å². The van der Waals surface area contributed by atoms with Crippen LogP contribution in [0.3, 0.4) is 0 Å². The van der Waals surface area contributed by atoms with Gasteiger partial charge in [0.05, 0.1) is 0 Å². The molecule has 0 atom stereocenters. The van der Waals surface area contributed by atoms with Crippen LogP contribution in [0.2, 0.25) is 0 Å². The van der Waals surface area contributed by atoms with Crippen molar-refractivity contribution in [3.05, 3.63) is 73.3 Å². The van der Waals surface area contributed by atoms with E-state index in [2.05, 4.69) is 0 Å². The molecule has 0 spiro atoms. The first-order valence-corrected chi connectivity index (χ1v) is 8.70. The summed E-state index contributed by atoms with van der Waals surface area (Å²) in [6.45, 7) is 5.90. The first-order valence-electron chi connectivity index (χ1n) is 7.88. The molecule has 0 unspecified atom stereocenters. The number of aryl methyl sites for hydroxylation is 3. The van der Waals surface area contributed by atoms with Gasteiger partial charge in [0.15, 0.2) is 0 Å². The van der Waals surface area contributed by atoms with Gasteiger partial charge in [-0.05, 0) is 50.1 Å². The number of benzene rings is 1. The minimum atomic E-state index is -0.448. The van der Waals surface area contributed by atoms with Gasteiger partial charge in [-0.15, -0.1) is 11.3 Å². The van der Waals surface area contributed by atoms with E-state index in [-0.39, 0.29) is 6.61 Å². The average molecular weight is 354 g/mol. The first-order chi connectivity index (χ1) is 11.9. The van der Waals surface area contributed by atoms with Gasteiger partial charge in [0.25, 0.3) is 0 Å². The summed E-state index contributed by atoms with van der Waals surface area (Å²) in [6, 6.07) is 9.16. The number of rotatable bonds is 4. The summed E-state index contributed by atoms with van der Waals surface area (Å²) in [5.41, 5.74) is 2.69. The predicted octanol–water partition coefficient (Wildman–Crippen LogP) is 4.54. The van der Waals surface area contributed by atoms with Gasteiger partial charge in [0.1, 0.15) is 12.2 Å². The lowest BCUT2D eigenvalue weighted by molar-refractivity contribution is -0.138. The maximum atomic E-state index is 11.9. The Morgan fingerprint density at radius 3 is 2.72 bits per heavy atom. The summed E-state index contributed by atoms with van der Waals surface area (Å²) in [6.07, 6.45) is 3.12. The standard InChI is InChI=1S/C20H18O4S/c1-12-4-8-17-15(10-19(22)24-20(17)14(12)3)11-23-18(21)9-7-16-6-5-13(2)25-16/h4-10H,11H2,1-3H3/b9-7+. The summed E-state index contributed by atoms with van der Waals surface area (Å²) in [5, 5.41) is 0.786. The molecule has 4 nitrogen and oxygen atoms in total. The fourth-order valence-corrected chi connectivity index (χ4v) is 3.31. The molecular formula is C20H18O4S. The quantitative estimate of drug-likeness (QED) is 0.392. The Morgan fingerprint density at radius 2 is 2.00 bits per heavy atom. The lowest BCUT2D eigenvalue weighted by atomic mass is 10.0. The molecule has 0 N–H and O–H groups in total. The summed E-state index contributed by atoms with van der Waals surface area (Å²) in [7, 11) is 0. The van der Waals surface area contributed by atoms with Gasteiger partial charge in [-0.2, -0.15) is 0 Å². The van der Waals surface area contributed by atoms with Crippen molar-refractivity contribution < 1.29 is 13.9 Å². The number of hydrogen-bond acceptors (Lipinski definition) is 5. The van der Waals surface area contributed by atoms with Gasteiger partial charge in [0, 0.05) is 32.8 Å². The average Bonchev–Trinajstić information content (AvgIpc) is 3.00. The van der Waals surface area contributed by atoms with Crippen LogP contribution < -0.4 is 5.63 Å². The van der Waals surface area contributed by atoms with Crippen molar-refractivity contribution in [3.63, 3.8) is 0 Å². The molecule has 3 aromatic rings. The molecule has 0 amide bonds. The lowest BCUT2D eigenvalue weighted by Crippen LogP contribution is -2.06. The second-order valence-corrected chi connectivity index (χ2v) is 7.18. The van der Waals surface area contributed by atoms with Crippen molar-refractivity contribution in [2.24, 2.45) is 0 Å². The van der Waals surface area contributed by atoms with Crippen LogP contribution in [0.25, 0.3) is 17.0 Å². The Kier molecular flexibility index (Phi) is 4.86. The fraction of sp³-hybridized carbons (Fsp3) is 0.200. The van der Waals surface area contributed by atoms with E-state index in [0.717, 1.165) is 21.4 Å². The monoisotopic (exact) mass is 354 g/mol. The minimum absolute atomic E-state index is 0.0250. The molecule has 0 bridgehead atoms. The molecule has 1 aromatic carbocycles. The van der Waals surface area contributed by atoms with E-state index in [1.54, 1.807) is 17.4 Å². The molecule has 0 saturated carbocycles. The van der Waals surface area contributed by atoms with Gasteiger partial charge in [-0.25, -0.2) is 9.59 Å². The van der Waals surface area contributed by atoms with Crippen molar-refractivity contribution in [1.29, 1.82) is 0 Å². The Balaban J connectivity index is 1.79. The molecule has 3 rings (SSSR count). The molecule has 0 aliphatic carbocycles. The third kappa shape index (κ3) is 3.88. The van der Waals surface area contributed by atoms with Crippen LogP contribution in [-0.2, 0) is 16.1 Å². The van der Waals surface area contributed by atoms with Crippen LogP contribution in [0.15, 0.2) is 45.6 Å². The SMILES string of the molecule is Cc1ccc(/C=C/C(=O)OCc2cc(=O)oc3c(C)c(C)ccc23)s1. The number of hydrogen-bond donors (Lipinski definition) is 0. The maximum Gasteiger partial charge on any atom is 0.336 e. The highest BCUT2D eigenvalue weighted by Crippen LogP contribution is 2.23. The third-order valence-electron chi connectivity index (χ3n) is 4.03. The molecule has 128 valence electrons. The Bertz CT molecular complexity index is 1020. The van der Waals surface area contributed by atoms with Crippen molar-refractivity contribution in [1.82, 2.24) is 0 Å². The number of esters is 1. The predicted molar refractivity (Wildman–Crippen MR) is 99.8 cm³/mol. The van der Waals surface area contributed by atoms with Gasteiger partial charge in [-0.3, -0.25) is 0 Å². The van der Waals surface area contributed by atoms with Crippen molar-refractivity contribution >= 4 is 34.4 Å². The molecule has 0 aliphatic rings. The maximum absolute atomic E-state index is 11.9. The van der Waals surface area contributed by atoms with Crippen molar-refractivity contribution in [3.8, 4) is 0 Å². The normalized spacial score (nSPS) is 11.3. The summed E-state index contributed by atoms with van der Waals surface area (Å²) >= 11 is 1.60. The van der Waals surface area contributed by atoms with Gasteiger partial charge in [0.2, 0.25) is 0 Å². The lowest BCUT2D eigenvalue weighted by Gasteiger charge is -2.09. The first kappa shape index (κ1) is 17.2. The van der Waals surface area contributed by atoms with Gasteiger partial charge < -0.3 is 9.15 Å². The van der Waals surface area contributed by atoms with Crippen molar-refractivity contribution in [2.75, 3.05) is 0 Å². The van der Waals surface area contributed by atoms with Crippen LogP contribution in [0, 0.1) is 20.8 Å². The topological polar surface area (TPSA) is 56.5 Å². The second kappa shape index (κ2) is 7.07. The van der Waals surface area contributed by atoms with E-state index in [1.807, 2.05) is 45.0 Å². The van der Waals surface area contributed by atoms with E-state index >= 15 is 0 Å². The summed E-state index contributed by atoms with van der Waals surface area (Å²) in [4.78, 5) is 25.9. The Hall–Kier alpha value is -2.66. The van der Waals surface area contributed by atoms with Gasteiger partial charge >= 0.3 is 11.6 Å². The van der Waals surface area contributed by atoms with E-state index in [0.29, 0.717) is 11.1 Å². The van der Waals surface area contributed by atoms with Crippen LogP contribution in [0.1, 0.15) is 26.4 Å². The molecular weight excluding hydrogens is 336 g/mol. The number of carbonyl (C=O) groups is 1. The van der Waals surface area contributed by atoms with E-state index in [1.165, 1.54) is 17.0 Å². The smallest absolute Gasteiger partial charge is 0.336 e. The van der Waals surface area contributed by atoms with Crippen LogP contribution in [0.4, 0.5) is 0 Å². The highest BCUT2D eigenvalue weighted by Gasteiger charge is 2.10. The molecule has 0 radical (unpaired) electrons. The zero-order chi connectivity index (χ0) is 18.0. The molecule has 25 heavy (non-hydrogen) atoms. The molecule has 0 fully saturated rings. The van der Waals surface area contributed by atoms with Crippen LogP contribution in [-0.4, -0.2) is 5.97 Å². The highest BCUT2D eigenvalue weighted by molar-refractivity contribution is 7.12. The zero-order valence-corrected chi connectivity index (χ0v) is 15.1. The van der Waals surface area contributed by atoms with Crippen molar-refractivity contribution in [2.45, 2.75) is 27.4 Å². The number of carbonyl (C=O) groups excluding carboxylic acids is 1. The largest absolute Gasteiger partial charge is 0.458 e. The number of thiophene rings is 1. The van der Waals surface area contributed by atoms with Crippen LogP contribution in [0.5, 0.6) is 0 Å². The van der Waals surface area contributed by atoms with Crippen LogP contribution >= 0.6 is 11.3 Å². The minimum Gasteiger partial charge on any atom is -0.458 e. The molecule has 0 aliphatic heterocycles. The molecule has 2 aromatic heterocycles. The summed E-state index contributed by atoms with van der Waals surface area (Å²) in [5.74, 6) is -0.448. The zero-order valence-electron chi connectivity index (χ0n) is 14.3.